The van der Waals surface area contributed by atoms with Crippen molar-refractivity contribution >= 4 is 34.6 Å². The molecule has 3 aromatic rings. The Morgan fingerprint density at radius 3 is 2.50 bits per heavy atom. The average molecular weight is 425 g/mol. The molecule has 8 heteroatoms. The van der Waals surface area contributed by atoms with Crippen molar-refractivity contribution in [3.05, 3.63) is 65.0 Å². The molecule has 1 aromatic heterocycles. The summed E-state index contributed by atoms with van der Waals surface area (Å²) in [6.45, 7) is 4.62. The van der Waals surface area contributed by atoms with Gasteiger partial charge >= 0.3 is 6.03 Å². The van der Waals surface area contributed by atoms with Crippen molar-refractivity contribution in [2.45, 2.75) is 25.4 Å². The quantitative estimate of drug-likeness (QED) is 0.448. The van der Waals surface area contributed by atoms with E-state index in [-0.39, 0.29) is 11.3 Å². The summed E-state index contributed by atoms with van der Waals surface area (Å²) in [4.78, 5) is 41.7. The van der Waals surface area contributed by atoms with Gasteiger partial charge in [0.15, 0.2) is 5.16 Å². The van der Waals surface area contributed by atoms with E-state index in [2.05, 4.69) is 29.5 Å². The highest BCUT2D eigenvalue weighted by molar-refractivity contribution is 7.99. The first-order valence-electron chi connectivity index (χ1n) is 9.73. The second-order valence-electron chi connectivity index (χ2n) is 7.16. The fourth-order valence-electron chi connectivity index (χ4n) is 2.83. The minimum atomic E-state index is -0.520. The zero-order valence-corrected chi connectivity index (χ0v) is 17.7. The Kier molecular flexibility index (Phi) is 7.24. The van der Waals surface area contributed by atoms with Gasteiger partial charge in [-0.2, -0.15) is 0 Å². The zero-order valence-electron chi connectivity index (χ0n) is 16.9. The third-order valence-electron chi connectivity index (χ3n) is 4.35. The van der Waals surface area contributed by atoms with Crippen LogP contribution in [0.1, 0.15) is 20.3 Å². The molecule has 156 valence electrons. The maximum absolute atomic E-state index is 13.1. The molecule has 3 rings (SSSR count). The van der Waals surface area contributed by atoms with Crippen molar-refractivity contribution in [2.75, 3.05) is 12.3 Å². The summed E-state index contributed by atoms with van der Waals surface area (Å²) in [7, 11) is 0. The molecule has 0 saturated carbocycles. The van der Waals surface area contributed by atoms with Gasteiger partial charge < -0.3 is 5.32 Å². The summed E-state index contributed by atoms with van der Waals surface area (Å²) in [6.07, 6.45) is 0.834. The number of amides is 3. The molecule has 2 aromatic carbocycles. The van der Waals surface area contributed by atoms with Gasteiger partial charge in [-0.15, -0.1) is 0 Å². The molecule has 0 spiro atoms. The van der Waals surface area contributed by atoms with Gasteiger partial charge in [0.25, 0.3) is 5.56 Å². The highest BCUT2D eigenvalue weighted by atomic mass is 32.2. The van der Waals surface area contributed by atoms with E-state index in [1.807, 2.05) is 36.4 Å². The zero-order chi connectivity index (χ0) is 21.5. The van der Waals surface area contributed by atoms with E-state index in [0.717, 1.165) is 18.2 Å². The van der Waals surface area contributed by atoms with Crippen LogP contribution in [-0.4, -0.2) is 33.8 Å². The van der Waals surface area contributed by atoms with Gasteiger partial charge in [-0.25, -0.2) is 9.78 Å². The van der Waals surface area contributed by atoms with Crippen LogP contribution in [0.5, 0.6) is 0 Å². The van der Waals surface area contributed by atoms with Gasteiger partial charge in [0.2, 0.25) is 5.91 Å². The van der Waals surface area contributed by atoms with Crippen molar-refractivity contribution in [1.82, 2.24) is 20.2 Å². The molecule has 0 bridgehead atoms. The number of imide groups is 1. The van der Waals surface area contributed by atoms with E-state index in [1.54, 1.807) is 18.2 Å². The Morgan fingerprint density at radius 2 is 1.77 bits per heavy atom. The van der Waals surface area contributed by atoms with Crippen LogP contribution in [0.4, 0.5) is 4.79 Å². The average Bonchev–Trinajstić information content (AvgIpc) is 2.72. The summed E-state index contributed by atoms with van der Waals surface area (Å²) in [6, 6.07) is 15.7. The summed E-state index contributed by atoms with van der Waals surface area (Å²) >= 11 is 1.11. The number of fused-ring (bicyclic) bond motifs is 1. The molecule has 0 fully saturated rings. The Hall–Kier alpha value is -3.13. The molecular formula is C22H24N4O3S. The standard InChI is InChI=1S/C22H24N4O3S/c1-15(2)12-13-23-21(29)25-19(27)14-30-22-24-18-11-7-6-10-17(18)20(28)26(22)16-8-4-3-5-9-16/h3-11,15H,12-14H2,1-2H3,(H2,23,25,27,29). The number of hydrogen-bond acceptors (Lipinski definition) is 5. The number of nitrogens with one attached hydrogen (secondary N) is 2. The monoisotopic (exact) mass is 424 g/mol. The fourth-order valence-corrected chi connectivity index (χ4v) is 3.64. The number of thioether (sulfide) groups is 1. The summed E-state index contributed by atoms with van der Waals surface area (Å²) < 4.78 is 1.49. The second kappa shape index (κ2) is 10.1. The molecule has 30 heavy (non-hydrogen) atoms. The smallest absolute Gasteiger partial charge is 0.321 e. The summed E-state index contributed by atoms with van der Waals surface area (Å²) in [5.41, 5.74) is 1.01. The number of rotatable bonds is 7. The molecule has 0 unspecified atom stereocenters. The van der Waals surface area contributed by atoms with Gasteiger partial charge in [-0.3, -0.25) is 19.5 Å². The number of carbonyl (C=O) groups is 2. The van der Waals surface area contributed by atoms with E-state index in [0.29, 0.717) is 34.2 Å². The van der Waals surface area contributed by atoms with Gasteiger partial charge in [-0.05, 0) is 36.6 Å². The predicted octanol–water partition coefficient (Wildman–Crippen LogP) is 3.35. The van der Waals surface area contributed by atoms with Crippen molar-refractivity contribution < 1.29 is 9.59 Å². The predicted molar refractivity (Wildman–Crippen MR) is 119 cm³/mol. The molecule has 0 aliphatic heterocycles. The largest absolute Gasteiger partial charge is 0.338 e. The molecule has 0 aliphatic carbocycles. The third-order valence-corrected chi connectivity index (χ3v) is 5.29. The lowest BCUT2D eigenvalue weighted by Crippen LogP contribution is -2.41. The van der Waals surface area contributed by atoms with Crippen LogP contribution < -0.4 is 16.2 Å². The van der Waals surface area contributed by atoms with E-state index in [1.165, 1.54) is 4.57 Å². The van der Waals surface area contributed by atoms with Crippen molar-refractivity contribution in [3.8, 4) is 5.69 Å². The van der Waals surface area contributed by atoms with Crippen LogP contribution in [-0.2, 0) is 4.79 Å². The minimum absolute atomic E-state index is 0.0464. The molecule has 0 aliphatic rings. The maximum atomic E-state index is 13.1. The van der Waals surface area contributed by atoms with Gasteiger partial charge in [0.05, 0.1) is 22.3 Å². The molecule has 2 N–H and O–H groups in total. The number of benzene rings is 2. The number of carbonyl (C=O) groups excluding carboxylic acids is 2. The van der Waals surface area contributed by atoms with Gasteiger partial charge in [-0.1, -0.05) is 55.9 Å². The molecule has 0 radical (unpaired) electrons. The molecule has 3 amide bonds. The Balaban J connectivity index is 1.78. The second-order valence-corrected chi connectivity index (χ2v) is 8.11. The topological polar surface area (TPSA) is 93.1 Å². The van der Waals surface area contributed by atoms with Crippen LogP contribution >= 0.6 is 11.8 Å². The Bertz CT molecular complexity index is 1100. The van der Waals surface area contributed by atoms with Crippen molar-refractivity contribution in [3.63, 3.8) is 0 Å². The molecule has 0 saturated heterocycles. The number of hydrogen-bond donors (Lipinski definition) is 2. The lowest BCUT2D eigenvalue weighted by molar-refractivity contribution is -0.117. The van der Waals surface area contributed by atoms with Crippen LogP contribution in [0, 0.1) is 5.92 Å². The number of nitrogens with zero attached hydrogens (tertiary/aromatic N) is 2. The lowest BCUT2D eigenvalue weighted by atomic mass is 10.1. The third kappa shape index (κ3) is 5.48. The SMILES string of the molecule is CC(C)CCNC(=O)NC(=O)CSc1nc2ccccc2c(=O)n1-c1ccccc1. The minimum Gasteiger partial charge on any atom is -0.338 e. The molecule has 1 heterocycles. The van der Waals surface area contributed by atoms with Crippen molar-refractivity contribution in [2.24, 2.45) is 5.92 Å². The number of aromatic nitrogens is 2. The lowest BCUT2D eigenvalue weighted by Gasteiger charge is -2.13. The number of para-hydroxylation sites is 2. The highest BCUT2D eigenvalue weighted by Gasteiger charge is 2.15. The maximum Gasteiger partial charge on any atom is 0.321 e. The molecular weight excluding hydrogens is 400 g/mol. The van der Waals surface area contributed by atoms with Gasteiger partial charge in [0, 0.05) is 6.54 Å². The molecule has 0 atom stereocenters. The Morgan fingerprint density at radius 1 is 1.07 bits per heavy atom. The first-order chi connectivity index (χ1) is 14.5. The van der Waals surface area contributed by atoms with Crippen molar-refractivity contribution in [1.29, 1.82) is 0 Å². The van der Waals surface area contributed by atoms with E-state index in [9.17, 15) is 14.4 Å². The summed E-state index contributed by atoms with van der Waals surface area (Å²) in [5.74, 6) is -0.0378. The fraction of sp³-hybridized carbons (Fsp3) is 0.273. The van der Waals surface area contributed by atoms with E-state index >= 15 is 0 Å². The highest BCUT2D eigenvalue weighted by Crippen LogP contribution is 2.21. The van der Waals surface area contributed by atoms with Gasteiger partial charge in [0.1, 0.15) is 0 Å². The number of urea groups is 1. The Labute approximate surface area is 178 Å². The van der Waals surface area contributed by atoms with Crippen LogP contribution in [0.2, 0.25) is 0 Å². The normalized spacial score (nSPS) is 10.9. The van der Waals surface area contributed by atoms with Crippen LogP contribution in [0.25, 0.3) is 16.6 Å². The first kappa shape index (κ1) is 21.6. The summed E-state index contributed by atoms with van der Waals surface area (Å²) in [5, 5.41) is 5.86. The first-order valence-corrected chi connectivity index (χ1v) is 10.7. The van der Waals surface area contributed by atoms with E-state index < -0.39 is 11.9 Å². The van der Waals surface area contributed by atoms with Crippen LogP contribution in [0.3, 0.4) is 0 Å². The van der Waals surface area contributed by atoms with Crippen LogP contribution in [0.15, 0.2) is 64.5 Å². The van der Waals surface area contributed by atoms with E-state index in [4.69, 9.17) is 0 Å². The molecule has 7 nitrogen and oxygen atoms in total.